The summed E-state index contributed by atoms with van der Waals surface area (Å²) < 4.78 is 17.9. The summed E-state index contributed by atoms with van der Waals surface area (Å²) in [7, 11) is 0. The van der Waals surface area contributed by atoms with Gasteiger partial charge in [-0.15, -0.1) is 0 Å². The van der Waals surface area contributed by atoms with Crippen molar-refractivity contribution < 1.29 is 24.1 Å². The highest BCUT2D eigenvalue weighted by atomic mass is 16.7. The first-order valence-corrected chi connectivity index (χ1v) is 22.1. The van der Waals surface area contributed by atoms with Crippen LogP contribution in [0.4, 0.5) is 0 Å². The first-order valence-electron chi connectivity index (χ1n) is 22.1. The summed E-state index contributed by atoms with van der Waals surface area (Å²) in [4.78, 5) is 12.6. The fourth-order valence-electron chi connectivity index (χ4n) is 11.0. The Morgan fingerprint density at radius 1 is 0.720 bits per heavy atom. The average molecular weight is 703 g/mol. The number of carbonyl (C=O) groups excluding carboxylic acids is 1. The molecule has 0 heterocycles. The molecule has 4 aliphatic rings. The Balaban J connectivity index is 1.16. The van der Waals surface area contributed by atoms with Crippen LogP contribution in [0.5, 0.6) is 0 Å². The van der Waals surface area contributed by atoms with Gasteiger partial charge in [0.05, 0.1) is 24.7 Å². The standard InChI is InChI=1S/C45H82O5/c1-8-10-11-34-12-14-39(15-13-34)44(47)49-29-28-48-33(4)50-43-26-20-37(21-27-43)35(9-2)31-40(38-18-24-42(46)25-19-38)30-32(3)36-16-22-41(23-17-36)45(5,6)7/h32-43,46H,8-31H2,1-7H3. The molecule has 50 heavy (non-hydrogen) atoms. The van der Waals surface area contributed by atoms with E-state index >= 15 is 0 Å². The molecule has 0 saturated heterocycles. The van der Waals surface area contributed by atoms with Crippen LogP contribution in [0.2, 0.25) is 0 Å². The predicted molar refractivity (Wildman–Crippen MR) is 207 cm³/mol. The summed E-state index contributed by atoms with van der Waals surface area (Å²) in [6.07, 6.45) is 27.1. The Kier molecular flexibility index (Phi) is 17.9. The van der Waals surface area contributed by atoms with E-state index in [1.807, 2.05) is 6.92 Å². The Morgan fingerprint density at radius 2 is 1.32 bits per heavy atom. The number of esters is 1. The fraction of sp³-hybridized carbons (Fsp3) is 0.978. The smallest absolute Gasteiger partial charge is 0.309 e. The van der Waals surface area contributed by atoms with Gasteiger partial charge in [-0.25, -0.2) is 0 Å². The van der Waals surface area contributed by atoms with Crippen molar-refractivity contribution in [2.45, 2.75) is 208 Å². The first kappa shape index (κ1) is 42.1. The van der Waals surface area contributed by atoms with Gasteiger partial charge >= 0.3 is 5.97 Å². The highest BCUT2D eigenvalue weighted by Crippen LogP contribution is 2.47. The quantitative estimate of drug-likeness (QED) is 0.0875. The Hall–Kier alpha value is -0.650. The predicted octanol–water partition coefficient (Wildman–Crippen LogP) is 11.9. The Labute approximate surface area is 309 Å². The SMILES string of the molecule is CCCCC1CCC(C(=O)OCCOC(C)OC2CCC(C(CC)CC(CC(C)C3CCC(C(C)(C)C)CC3)C3CCC(O)CC3)CC2)CC1. The van der Waals surface area contributed by atoms with E-state index < -0.39 is 0 Å². The molecule has 4 atom stereocenters. The largest absolute Gasteiger partial charge is 0.463 e. The lowest BCUT2D eigenvalue weighted by Crippen LogP contribution is -2.33. The normalized spacial score (nSPS) is 33.7. The second-order valence-corrected chi connectivity index (χ2v) is 19.1. The number of hydrogen-bond donors (Lipinski definition) is 1. The molecule has 4 rings (SSSR count). The third-order valence-corrected chi connectivity index (χ3v) is 14.6. The van der Waals surface area contributed by atoms with E-state index in [0.717, 1.165) is 85.9 Å². The molecule has 5 nitrogen and oxygen atoms in total. The topological polar surface area (TPSA) is 65.0 Å². The maximum Gasteiger partial charge on any atom is 0.309 e. The van der Waals surface area contributed by atoms with Gasteiger partial charge in [-0.3, -0.25) is 4.79 Å². The van der Waals surface area contributed by atoms with Crippen molar-refractivity contribution in [3.8, 4) is 0 Å². The van der Waals surface area contributed by atoms with Crippen LogP contribution in [0, 0.1) is 58.7 Å². The molecule has 0 amide bonds. The third kappa shape index (κ3) is 13.6. The van der Waals surface area contributed by atoms with Gasteiger partial charge < -0.3 is 19.3 Å². The van der Waals surface area contributed by atoms with Crippen LogP contribution in [-0.2, 0) is 19.0 Å². The van der Waals surface area contributed by atoms with Crippen LogP contribution in [0.25, 0.3) is 0 Å². The van der Waals surface area contributed by atoms with E-state index in [1.165, 1.54) is 103 Å². The van der Waals surface area contributed by atoms with Crippen molar-refractivity contribution in [2.24, 2.45) is 58.7 Å². The van der Waals surface area contributed by atoms with Crippen molar-refractivity contribution in [1.82, 2.24) is 0 Å². The van der Waals surface area contributed by atoms with Crippen LogP contribution in [0.3, 0.4) is 0 Å². The molecule has 292 valence electrons. The molecule has 4 fully saturated rings. The van der Waals surface area contributed by atoms with Gasteiger partial charge in [0, 0.05) is 0 Å². The number of aliphatic hydroxyl groups excluding tert-OH is 1. The van der Waals surface area contributed by atoms with Crippen LogP contribution in [0.1, 0.15) is 190 Å². The summed E-state index contributed by atoms with van der Waals surface area (Å²) in [6, 6.07) is 0. The molecular formula is C45H82O5. The molecule has 0 aromatic rings. The summed E-state index contributed by atoms with van der Waals surface area (Å²) in [5.74, 6) is 6.65. The highest BCUT2D eigenvalue weighted by Gasteiger charge is 2.37. The number of hydrogen-bond acceptors (Lipinski definition) is 5. The van der Waals surface area contributed by atoms with E-state index in [0.29, 0.717) is 18.6 Å². The minimum atomic E-state index is -0.266. The number of carbonyl (C=O) groups is 1. The molecule has 4 unspecified atom stereocenters. The lowest BCUT2D eigenvalue weighted by atomic mass is 9.64. The van der Waals surface area contributed by atoms with Gasteiger partial charge in [0.2, 0.25) is 0 Å². The van der Waals surface area contributed by atoms with E-state index in [-0.39, 0.29) is 30.4 Å². The highest BCUT2D eigenvalue weighted by molar-refractivity contribution is 5.72. The molecule has 5 heteroatoms. The van der Waals surface area contributed by atoms with E-state index in [2.05, 4.69) is 41.5 Å². The van der Waals surface area contributed by atoms with Crippen molar-refractivity contribution in [3.63, 3.8) is 0 Å². The van der Waals surface area contributed by atoms with Crippen LogP contribution < -0.4 is 0 Å². The lowest BCUT2D eigenvalue weighted by molar-refractivity contribution is -0.179. The molecule has 0 bridgehead atoms. The molecule has 4 aliphatic carbocycles. The zero-order valence-corrected chi connectivity index (χ0v) is 34.0. The van der Waals surface area contributed by atoms with Crippen molar-refractivity contribution in [1.29, 1.82) is 0 Å². The van der Waals surface area contributed by atoms with Crippen LogP contribution >= 0.6 is 0 Å². The summed E-state index contributed by atoms with van der Waals surface area (Å²) in [6.45, 7) is 17.3. The summed E-state index contributed by atoms with van der Waals surface area (Å²) in [5.41, 5.74) is 0.450. The molecule has 0 aliphatic heterocycles. The van der Waals surface area contributed by atoms with Crippen molar-refractivity contribution in [3.05, 3.63) is 0 Å². The molecule has 0 aromatic heterocycles. The maximum atomic E-state index is 12.6. The molecular weight excluding hydrogens is 620 g/mol. The Bertz CT molecular complexity index is 912. The first-order chi connectivity index (χ1) is 24.0. The second-order valence-electron chi connectivity index (χ2n) is 19.1. The molecule has 0 aromatic carbocycles. The third-order valence-electron chi connectivity index (χ3n) is 14.6. The van der Waals surface area contributed by atoms with Crippen LogP contribution in [0.15, 0.2) is 0 Å². The Morgan fingerprint density at radius 3 is 1.92 bits per heavy atom. The van der Waals surface area contributed by atoms with Gasteiger partial charge in [0.15, 0.2) is 6.29 Å². The van der Waals surface area contributed by atoms with E-state index in [9.17, 15) is 9.90 Å². The van der Waals surface area contributed by atoms with E-state index in [1.54, 1.807) is 0 Å². The zero-order valence-electron chi connectivity index (χ0n) is 34.0. The summed E-state index contributed by atoms with van der Waals surface area (Å²) >= 11 is 0. The minimum Gasteiger partial charge on any atom is -0.463 e. The number of ether oxygens (including phenoxy) is 3. The number of rotatable bonds is 18. The van der Waals surface area contributed by atoms with Gasteiger partial charge in [-0.2, -0.15) is 0 Å². The molecule has 0 radical (unpaired) electrons. The van der Waals surface area contributed by atoms with Gasteiger partial charge in [0.1, 0.15) is 6.61 Å². The van der Waals surface area contributed by atoms with Gasteiger partial charge in [-0.05, 0) is 175 Å². The molecule has 4 saturated carbocycles. The maximum absolute atomic E-state index is 12.6. The second kappa shape index (κ2) is 21.3. The van der Waals surface area contributed by atoms with Crippen LogP contribution in [-0.4, -0.2) is 42.8 Å². The van der Waals surface area contributed by atoms with Gasteiger partial charge in [-0.1, -0.05) is 67.2 Å². The monoisotopic (exact) mass is 703 g/mol. The summed E-state index contributed by atoms with van der Waals surface area (Å²) in [5, 5.41) is 10.3. The number of unbranched alkanes of at least 4 members (excludes halogenated alkanes) is 1. The fourth-order valence-corrected chi connectivity index (χ4v) is 11.0. The zero-order chi connectivity index (χ0) is 36.1. The van der Waals surface area contributed by atoms with Crippen molar-refractivity contribution in [2.75, 3.05) is 13.2 Å². The van der Waals surface area contributed by atoms with Gasteiger partial charge in [0.25, 0.3) is 0 Å². The van der Waals surface area contributed by atoms with E-state index in [4.69, 9.17) is 14.2 Å². The average Bonchev–Trinajstić information content (AvgIpc) is 3.11. The molecule has 0 spiro atoms. The molecule has 1 N–H and O–H groups in total. The van der Waals surface area contributed by atoms with Crippen molar-refractivity contribution >= 4 is 5.97 Å². The minimum absolute atomic E-state index is 0.0269. The number of aliphatic hydroxyl groups is 1. The lowest BCUT2D eigenvalue weighted by Gasteiger charge is -2.42.